The minimum Gasteiger partial charge on any atom is -0.468 e. The number of hydrogen-bond donors (Lipinski definition) is 4. The van der Waals surface area contributed by atoms with E-state index in [2.05, 4.69) is 52.9 Å². The van der Waals surface area contributed by atoms with Gasteiger partial charge in [0.05, 0.1) is 11.5 Å². The number of rotatable bonds is 9. The molecule has 7 nitrogen and oxygen atoms in total. The molecule has 1 aliphatic heterocycles. The number of nitrogens with one attached hydrogen (secondary N) is 4. The Kier molecular flexibility index (Phi) is 14.0. The standard InChI is InChI=1S/C25H35N6OP.K/c1-8-26-14-23-20(5)33-24(15-27-23)29-19(4)21-10-9-11-22(13-21)30-25(32)28-18(3)12-17(2)16-31(6)7;/h9-15,19,24,26,29,33H,3,5,8H2,1-2,4,6-7H3,(H2,28,30,32);/q-2;+1/b18-12+,23-14+;. The zero-order valence-electron chi connectivity index (χ0n) is 21.1. The van der Waals surface area contributed by atoms with Crippen LogP contribution in [0.5, 0.6) is 0 Å². The molecule has 2 rings (SSSR count). The van der Waals surface area contributed by atoms with Gasteiger partial charge >= 0.3 is 57.4 Å². The maximum absolute atomic E-state index is 12.4. The van der Waals surface area contributed by atoms with Crippen LogP contribution >= 0.6 is 8.58 Å². The number of aliphatic imine (C=N–C) groups is 1. The molecule has 1 aliphatic rings. The van der Waals surface area contributed by atoms with Crippen LogP contribution in [-0.2, 0) is 0 Å². The van der Waals surface area contributed by atoms with Gasteiger partial charge in [0.15, 0.2) is 0 Å². The van der Waals surface area contributed by atoms with E-state index in [1.54, 1.807) is 6.08 Å². The first kappa shape index (κ1) is 30.6. The fourth-order valence-corrected chi connectivity index (χ4v) is 4.32. The van der Waals surface area contributed by atoms with Crippen molar-refractivity contribution >= 4 is 26.5 Å². The molecule has 0 spiro atoms. The molecule has 0 aromatic heterocycles. The van der Waals surface area contributed by atoms with Gasteiger partial charge in [-0.1, -0.05) is 34.2 Å². The van der Waals surface area contributed by atoms with Gasteiger partial charge in [-0.25, -0.2) is 23.4 Å². The summed E-state index contributed by atoms with van der Waals surface area (Å²) in [6.07, 6.45) is 8.72. The Labute approximate surface area is 248 Å². The van der Waals surface area contributed by atoms with Crippen molar-refractivity contribution in [1.29, 1.82) is 0 Å². The third-order valence-electron chi connectivity index (χ3n) is 4.58. The van der Waals surface area contributed by atoms with Crippen LogP contribution in [-0.4, -0.2) is 43.6 Å². The van der Waals surface area contributed by atoms with Crippen molar-refractivity contribution in [2.45, 2.75) is 32.6 Å². The average Bonchev–Trinajstić information content (AvgIpc) is 2.72. The summed E-state index contributed by atoms with van der Waals surface area (Å²) in [5.41, 5.74) is 4.04. The largest absolute Gasteiger partial charge is 1.00 e. The number of anilines is 1. The normalized spacial score (nSPS) is 18.9. The summed E-state index contributed by atoms with van der Waals surface area (Å²) in [6, 6.07) is 7.51. The topological polar surface area (TPSA) is 80.8 Å². The van der Waals surface area contributed by atoms with Gasteiger partial charge in [-0.3, -0.25) is 10.3 Å². The van der Waals surface area contributed by atoms with E-state index in [1.165, 1.54) is 0 Å². The summed E-state index contributed by atoms with van der Waals surface area (Å²) in [5.74, 6) is 0.125. The number of carbonyl (C=O) groups is 1. The minimum absolute atomic E-state index is 0. The van der Waals surface area contributed by atoms with Gasteiger partial charge in [0.25, 0.3) is 0 Å². The first-order valence-electron chi connectivity index (χ1n) is 10.9. The van der Waals surface area contributed by atoms with Crippen LogP contribution < -0.4 is 72.7 Å². The number of allylic oxidation sites excluding steroid dienone is 4. The van der Waals surface area contributed by atoms with E-state index < -0.39 is 0 Å². The van der Waals surface area contributed by atoms with E-state index >= 15 is 0 Å². The maximum Gasteiger partial charge on any atom is 1.00 e. The third kappa shape index (κ3) is 10.9. The summed E-state index contributed by atoms with van der Waals surface area (Å²) in [4.78, 5) is 18.7. The zero-order chi connectivity index (χ0) is 24.4. The van der Waals surface area contributed by atoms with Gasteiger partial charge in [-0.2, -0.15) is 6.20 Å². The van der Waals surface area contributed by atoms with Crippen LogP contribution in [0.25, 0.3) is 0 Å². The van der Waals surface area contributed by atoms with Crippen LogP contribution in [0.1, 0.15) is 32.4 Å². The van der Waals surface area contributed by atoms with Gasteiger partial charge < -0.3 is 20.9 Å². The Hall–Kier alpha value is -1.38. The Balaban J connectivity index is 0.00000578. The second kappa shape index (κ2) is 15.6. The Morgan fingerprint density at radius 2 is 2.15 bits per heavy atom. The molecular formula is C25H35KN6OP-. The predicted octanol–water partition coefficient (Wildman–Crippen LogP) is 1.50. The van der Waals surface area contributed by atoms with Crippen LogP contribution in [0.2, 0.25) is 0 Å². The molecule has 1 aromatic rings. The van der Waals surface area contributed by atoms with Crippen LogP contribution in [0, 0.1) is 13.1 Å². The SMILES string of the molecule is C=C1PC(NC(C)c2cccc(NC(=O)N/C([CH2-])=C/C(C)=[C-]N(C)C)c2)C=N/C1=C/NCC.[K+]. The van der Waals surface area contributed by atoms with Gasteiger partial charge in [0.1, 0.15) is 0 Å². The second-order valence-electron chi connectivity index (χ2n) is 7.92. The van der Waals surface area contributed by atoms with Crippen LogP contribution in [0.4, 0.5) is 10.5 Å². The molecule has 9 heteroatoms. The molecule has 0 saturated carbocycles. The van der Waals surface area contributed by atoms with Gasteiger partial charge in [-0.15, -0.1) is 5.70 Å². The fraction of sp³-hybridized carbons (Fsp3) is 0.320. The summed E-state index contributed by atoms with van der Waals surface area (Å²) < 4.78 is 0. The number of nitrogens with zero attached hydrogens (tertiary/aromatic N) is 2. The maximum atomic E-state index is 12.4. The molecule has 34 heavy (non-hydrogen) atoms. The van der Waals surface area contributed by atoms with E-state index in [9.17, 15) is 4.79 Å². The molecule has 0 radical (unpaired) electrons. The summed E-state index contributed by atoms with van der Waals surface area (Å²) in [7, 11) is 4.29. The first-order chi connectivity index (χ1) is 15.7. The van der Waals surface area contributed by atoms with Gasteiger partial charge in [0, 0.05) is 30.7 Å². The average molecular weight is 506 g/mol. The molecule has 3 unspecified atom stereocenters. The van der Waals surface area contributed by atoms with Gasteiger partial charge in [0.2, 0.25) is 0 Å². The molecule has 0 aliphatic carbocycles. The van der Waals surface area contributed by atoms with Crippen molar-refractivity contribution in [1.82, 2.24) is 20.9 Å². The quantitative estimate of drug-likeness (QED) is 0.135. The monoisotopic (exact) mass is 505 g/mol. The number of benzene rings is 1. The summed E-state index contributed by atoms with van der Waals surface area (Å²) in [6.45, 7) is 14.9. The summed E-state index contributed by atoms with van der Waals surface area (Å²) >= 11 is 0. The van der Waals surface area contributed by atoms with E-state index in [-0.39, 0.29) is 69.2 Å². The van der Waals surface area contributed by atoms with E-state index in [0.717, 1.165) is 28.7 Å². The molecule has 4 N–H and O–H groups in total. The van der Waals surface area contributed by atoms with Crippen molar-refractivity contribution in [3.05, 3.63) is 84.1 Å². The molecule has 2 amide bonds. The van der Waals surface area contributed by atoms with Crippen molar-refractivity contribution in [3.8, 4) is 0 Å². The van der Waals surface area contributed by atoms with Crippen molar-refractivity contribution in [2.24, 2.45) is 4.99 Å². The molecule has 0 saturated heterocycles. The molecular weight excluding hydrogens is 470 g/mol. The fourth-order valence-electron chi connectivity index (χ4n) is 3.18. The minimum atomic E-state index is -0.344. The second-order valence-corrected chi connectivity index (χ2v) is 9.43. The number of amides is 2. The molecule has 3 atom stereocenters. The van der Waals surface area contributed by atoms with E-state index in [0.29, 0.717) is 20.0 Å². The van der Waals surface area contributed by atoms with Crippen molar-refractivity contribution in [2.75, 3.05) is 26.0 Å². The first-order valence-corrected chi connectivity index (χ1v) is 11.9. The third-order valence-corrected chi connectivity index (χ3v) is 5.81. The number of urea groups is 1. The van der Waals surface area contributed by atoms with Gasteiger partial charge in [-0.05, 0) is 51.0 Å². The molecule has 1 heterocycles. The molecule has 0 bridgehead atoms. The summed E-state index contributed by atoms with van der Waals surface area (Å²) in [5, 5.41) is 13.4. The number of hydrogen-bond acceptors (Lipinski definition) is 5. The molecule has 1 aromatic carbocycles. The Bertz CT molecular complexity index is 970. The van der Waals surface area contributed by atoms with Crippen molar-refractivity contribution in [3.63, 3.8) is 0 Å². The number of carbonyl (C=O) groups excluding carboxylic acids is 1. The Morgan fingerprint density at radius 3 is 2.79 bits per heavy atom. The molecule has 0 fully saturated rings. The van der Waals surface area contributed by atoms with E-state index in [1.807, 2.05) is 69.5 Å². The smallest absolute Gasteiger partial charge is 0.468 e. The van der Waals surface area contributed by atoms with Crippen LogP contribution in [0.3, 0.4) is 0 Å². The van der Waals surface area contributed by atoms with Crippen LogP contribution in [0.15, 0.2) is 70.4 Å². The zero-order valence-corrected chi connectivity index (χ0v) is 25.2. The molecule has 178 valence electrons. The van der Waals surface area contributed by atoms with Crippen molar-refractivity contribution < 1.29 is 56.2 Å². The predicted molar refractivity (Wildman–Crippen MR) is 141 cm³/mol. The Morgan fingerprint density at radius 1 is 1.41 bits per heavy atom. The van der Waals surface area contributed by atoms with E-state index in [4.69, 9.17) is 0 Å².